The molecule has 1 saturated carbocycles. The number of rotatable bonds is 8. The van der Waals surface area contributed by atoms with Crippen LogP contribution in [-0.4, -0.2) is 27.4 Å². The molecule has 0 aliphatic heterocycles. The highest BCUT2D eigenvalue weighted by Crippen LogP contribution is 2.24. The van der Waals surface area contributed by atoms with E-state index in [0.29, 0.717) is 25.2 Å². The first-order chi connectivity index (χ1) is 13.6. The van der Waals surface area contributed by atoms with Gasteiger partial charge >= 0.3 is 0 Å². The van der Waals surface area contributed by atoms with Crippen LogP contribution in [0.4, 0.5) is 5.69 Å². The summed E-state index contributed by atoms with van der Waals surface area (Å²) >= 11 is 0. The molecule has 0 aromatic heterocycles. The third kappa shape index (κ3) is 5.13. The van der Waals surface area contributed by atoms with E-state index in [4.69, 9.17) is 0 Å². The molecule has 0 unspecified atom stereocenters. The third-order valence-electron chi connectivity index (χ3n) is 5.19. The average Bonchev–Trinajstić information content (AvgIpc) is 2.75. The number of sulfonamides is 1. The van der Waals surface area contributed by atoms with Crippen molar-refractivity contribution in [1.82, 2.24) is 5.32 Å². The quantitative estimate of drug-likeness (QED) is 0.682. The Morgan fingerprint density at radius 2 is 1.54 bits per heavy atom. The van der Waals surface area contributed by atoms with E-state index < -0.39 is 10.0 Å². The molecule has 2 aromatic carbocycles. The van der Waals surface area contributed by atoms with Gasteiger partial charge in [0.15, 0.2) is 0 Å². The summed E-state index contributed by atoms with van der Waals surface area (Å²) in [5.74, 6) is 0.226. The summed E-state index contributed by atoms with van der Waals surface area (Å²) in [6.45, 7) is 0.787. The summed E-state index contributed by atoms with van der Waals surface area (Å²) in [7, 11) is -3.65. The van der Waals surface area contributed by atoms with E-state index in [2.05, 4.69) is 5.32 Å². The van der Waals surface area contributed by atoms with Gasteiger partial charge in [0.2, 0.25) is 5.91 Å². The Labute approximate surface area is 167 Å². The molecule has 0 spiro atoms. The molecular weight excluding hydrogens is 372 g/mol. The number of para-hydroxylation sites is 1. The Morgan fingerprint density at radius 3 is 2.18 bits per heavy atom. The molecule has 1 aliphatic rings. The number of nitrogens with zero attached hydrogens (tertiary/aromatic N) is 1. The highest BCUT2D eigenvalue weighted by atomic mass is 32.2. The average molecular weight is 401 g/mol. The van der Waals surface area contributed by atoms with Crippen LogP contribution in [0.5, 0.6) is 0 Å². The van der Waals surface area contributed by atoms with Crippen LogP contribution in [0.15, 0.2) is 65.6 Å². The van der Waals surface area contributed by atoms with Gasteiger partial charge in [0.05, 0.1) is 10.6 Å². The van der Waals surface area contributed by atoms with Gasteiger partial charge in [-0.05, 0) is 43.5 Å². The van der Waals surface area contributed by atoms with Gasteiger partial charge < -0.3 is 5.32 Å². The Bertz CT molecular complexity index is 848. The van der Waals surface area contributed by atoms with Gasteiger partial charge in [0.25, 0.3) is 10.0 Å². The monoisotopic (exact) mass is 400 g/mol. The molecule has 2 aromatic rings. The number of amides is 1. The van der Waals surface area contributed by atoms with Crippen LogP contribution in [0, 0.1) is 5.92 Å². The van der Waals surface area contributed by atoms with Gasteiger partial charge in [-0.15, -0.1) is 0 Å². The van der Waals surface area contributed by atoms with Gasteiger partial charge in [-0.25, -0.2) is 8.42 Å². The van der Waals surface area contributed by atoms with Gasteiger partial charge in [0, 0.05) is 19.0 Å². The molecule has 6 heteroatoms. The van der Waals surface area contributed by atoms with Crippen molar-refractivity contribution in [3.8, 4) is 0 Å². The number of hydrogen-bond donors (Lipinski definition) is 1. The minimum absolute atomic E-state index is 0.108. The lowest BCUT2D eigenvalue weighted by molar-refractivity contribution is -0.125. The molecule has 0 heterocycles. The minimum atomic E-state index is -3.65. The van der Waals surface area contributed by atoms with E-state index in [0.717, 1.165) is 25.7 Å². The first-order valence-electron chi connectivity index (χ1n) is 9.99. The summed E-state index contributed by atoms with van der Waals surface area (Å²) in [6, 6.07) is 17.6. The number of benzene rings is 2. The van der Waals surface area contributed by atoms with E-state index >= 15 is 0 Å². The Balaban J connectivity index is 1.64. The standard InChI is InChI=1S/C22H28N2O3S/c25-22(19-11-4-1-5-12-19)23-17-10-18-24(20-13-6-2-7-14-20)28(26,27)21-15-8-3-9-16-21/h2-3,6-9,13-16,19H,1,4-5,10-12,17-18H2,(H,23,25). The van der Waals surface area contributed by atoms with Crippen LogP contribution < -0.4 is 9.62 Å². The second-order valence-electron chi connectivity index (χ2n) is 7.21. The molecule has 150 valence electrons. The zero-order valence-corrected chi connectivity index (χ0v) is 16.9. The predicted octanol–water partition coefficient (Wildman–Crippen LogP) is 3.97. The lowest BCUT2D eigenvalue weighted by Gasteiger charge is -2.25. The van der Waals surface area contributed by atoms with Gasteiger partial charge in [-0.3, -0.25) is 9.10 Å². The van der Waals surface area contributed by atoms with Crippen LogP contribution in [0.2, 0.25) is 0 Å². The lowest BCUT2D eigenvalue weighted by Crippen LogP contribution is -2.36. The minimum Gasteiger partial charge on any atom is -0.356 e. The Morgan fingerprint density at radius 1 is 0.929 bits per heavy atom. The molecule has 3 rings (SSSR count). The van der Waals surface area contributed by atoms with Crippen molar-refractivity contribution in [2.75, 3.05) is 17.4 Å². The fraction of sp³-hybridized carbons (Fsp3) is 0.409. The largest absolute Gasteiger partial charge is 0.356 e. The lowest BCUT2D eigenvalue weighted by atomic mass is 9.89. The van der Waals surface area contributed by atoms with Crippen LogP contribution in [0.25, 0.3) is 0 Å². The zero-order valence-electron chi connectivity index (χ0n) is 16.1. The number of anilines is 1. The van der Waals surface area contributed by atoms with Crippen LogP contribution >= 0.6 is 0 Å². The van der Waals surface area contributed by atoms with Crippen molar-refractivity contribution >= 4 is 21.6 Å². The maximum Gasteiger partial charge on any atom is 0.264 e. The first-order valence-corrected chi connectivity index (χ1v) is 11.4. The van der Waals surface area contributed by atoms with Gasteiger partial charge in [-0.2, -0.15) is 0 Å². The van der Waals surface area contributed by atoms with Crippen molar-refractivity contribution in [3.63, 3.8) is 0 Å². The zero-order chi connectivity index (χ0) is 19.8. The third-order valence-corrected chi connectivity index (χ3v) is 7.03. The second-order valence-corrected chi connectivity index (χ2v) is 9.07. The fourth-order valence-corrected chi connectivity index (χ4v) is 5.17. The van der Waals surface area contributed by atoms with Gasteiger partial charge in [0.1, 0.15) is 0 Å². The number of nitrogens with one attached hydrogen (secondary N) is 1. The van der Waals surface area contributed by atoms with E-state index in [1.165, 1.54) is 10.7 Å². The summed E-state index contributed by atoms with van der Waals surface area (Å²) in [6.07, 6.45) is 5.94. The smallest absolute Gasteiger partial charge is 0.264 e. The van der Waals surface area contributed by atoms with Gasteiger partial charge in [-0.1, -0.05) is 55.7 Å². The number of carbonyl (C=O) groups excluding carboxylic acids is 1. The molecule has 1 fully saturated rings. The maximum absolute atomic E-state index is 13.1. The molecule has 0 saturated heterocycles. The normalized spacial score (nSPS) is 15.1. The van der Waals surface area contributed by atoms with Crippen molar-refractivity contribution in [2.45, 2.75) is 43.4 Å². The molecule has 1 amide bonds. The van der Waals surface area contributed by atoms with Crippen LogP contribution in [0.3, 0.4) is 0 Å². The van der Waals surface area contributed by atoms with Crippen molar-refractivity contribution < 1.29 is 13.2 Å². The Hall–Kier alpha value is -2.34. The summed E-state index contributed by atoms with van der Waals surface area (Å²) < 4.78 is 27.7. The molecule has 1 aliphatic carbocycles. The summed E-state index contributed by atoms with van der Waals surface area (Å²) in [5.41, 5.74) is 0.630. The summed E-state index contributed by atoms with van der Waals surface area (Å²) in [5, 5.41) is 2.99. The molecule has 0 radical (unpaired) electrons. The molecule has 1 N–H and O–H groups in total. The van der Waals surface area contributed by atoms with Crippen LogP contribution in [-0.2, 0) is 14.8 Å². The molecule has 0 bridgehead atoms. The van der Waals surface area contributed by atoms with Crippen molar-refractivity contribution in [2.24, 2.45) is 5.92 Å². The SMILES string of the molecule is O=C(NCCCN(c1ccccc1)S(=O)(=O)c1ccccc1)C1CCCCC1. The van der Waals surface area contributed by atoms with E-state index in [-0.39, 0.29) is 16.7 Å². The second kappa shape index (κ2) is 9.73. The highest BCUT2D eigenvalue weighted by Gasteiger charge is 2.25. The molecule has 5 nitrogen and oxygen atoms in total. The van der Waals surface area contributed by atoms with Crippen molar-refractivity contribution in [3.05, 3.63) is 60.7 Å². The Kier molecular flexibility index (Phi) is 7.09. The van der Waals surface area contributed by atoms with E-state index in [1.807, 2.05) is 18.2 Å². The highest BCUT2D eigenvalue weighted by molar-refractivity contribution is 7.92. The number of carbonyl (C=O) groups is 1. The maximum atomic E-state index is 13.1. The first kappa shape index (κ1) is 20.4. The van der Waals surface area contributed by atoms with E-state index in [9.17, 15) is 13.2 Å². The van der Waals surface area contributed by atoms with Crippen LogP contribution in [0.1, 0.15) is 38.5 Å². The topological polar surface area (TPSA) is 66.5 Å². The summed E-state index contributed by atoms with van der Waals surface area (Å²) in [4.78, 5) is 12.6. The molecular formula is C22H28N2O3S. The van der Waals surface area contributed by atoms with Crippen molar-refractivity contribution in [1.29, 1.82) is 0 Å². The fourth-order valence-electron chi connectivity index (χ4n) is 3.65. The van der Waals surface area contributed by atoms with E-state index in [1.54, 1.807) is 42.5 Å². The molecule has 28 heavy (non-hydrogen) atoms. The molecule has 0 atom stereocenters. The predicted molar refractivity (Wildman–Crippen MR) is 112 cm³/mol. The number of hydrogen-bond acceptors (Lipinski definition) is 3.